The maximum atomic E-state index is 12.0. The summed E-state index contributed by atoms with van der Waals surface area (Å²) in [4.78, 5) is 35.6. The zero-order valence-corrected chi connectivity index (χ0v) is 11.9. The number of urea groups is 1. The first kappa shape index (κ1) is 17.2. The van der Waals surface area contributed by atoms with Crippen molar-refractivity contribution in [3.8, 4) is 0 Å². The van der Waals surface area contributed by atoms with Gasteiger partial charge in [0.2, 0.25) is 5.91 Å². The van der Waals surface area contributed by atoms with Gasteiger partial charge < -0.3 is 20.6 Å². The van der Waals surface area contributed by atoms with Gasteiger partial charge in [-0.05, 0) is 12.3 Å². The molecule has 7 nitrogen and oxygen atoms in total. The fraction of sp³-hybridized carbons (Fsp3) is 0.750. The molecule has 0 aromatic rings. The van der Waals surface area contributed by atoms with E-state index in [1.165, 1.54) is 11.9 Å². The third-order valence-corrected chi connectivity index (χ3v) is 2.61. The third-order valence-electron chi connectivity index (χ3n) is 2.61. The highest BCUT2D eigenvalue weighted by Crippen LogP contribution is 2.03. The summed E-state index contributed by atoms with van der Waals surface area (Å²) in [5.74, 6) is -1.61. The quantitative estimate of drug-likeness (QED) is 0.619. The van der Waals surface area contributed by atoms with E-state index < -0.39 is 18.0 Å². The second kappa shape index (κ2) is 8.34. The third kappa shape index (κ3) is 6.08. The first-order valence-corrected chi connectivity index (χ1v) is 6.32. The fourth-order valence-corrected chi connectivity index (χ4v) is 1.51. The maximum Gasteiger partial charge on any atom is 0.326 e. The number of carboxylic acid groups (broad SMARTS) is 1. The Kier molecular flexibility index (Phi) is 7.55. The number of carbonyl (C=O) groups is 3. The highest BCUT2D eigenvalue weighted by Gasteiger charge is 2.26. The Balaban J connectivity index is 4.70. The minimum absolute atomic E-state index is 0.0827. The van der Waals surface area contributed by atoms with Gasteiger partial charge in [-0.1, -0.05) is 20.8 Å². The van der Waals surface area contributed by atoms with Gasteiger partial charge in [-0.25, -0.2) is 9.59 Å². The molecule has 0 unspecified atom stereocenters. The number of aliphatic carboxylic acids is 1. The molecule has 0 radical (unpaired) electrons. The molecule has 0 aliphatic rings. The van der Waals surface area contributed by atoms with Gasteiger partial charge >= 0.3 is 12.0 Å². The van der Waals surface area contributed by atoms with Crippen molar-refractivity contribution in [1.82, 2.24) is 15.5 Å². The number of hydrogen-bond acceptors (Lipinski definition) is 3. The summed E-state index contributed by atoms with van der Waals surface area (Å²) < 4.78 is 0. The Morgan fingerprint density at radius 3 is 2.21 bits per heavy atom. The molecule has 0 fully saturated rings. The van der Waals surface area contributed by atoms with Crippen LogP contribution in [-0.4, -0.2) is 54.1 Å². The molecule has 0 aliphatic heterocycles. The van der Waals surface area contributed by atoms with Crippen LogP contribution in [0.15, 0.2) is 0 Å². The van der Waals surface area contributed by atoms with Gasteiger partial charge in [-0.3, -0.25) is 4.79 Å². The van der Waals surface area contributed by atoms with Gasteiger partial charge in [-0.15, -0.1) is 0 Å². The van der Waals surface area contributed by atoms with E-state index in [1.54, 1.807) is 13.8 Å². The highest BCUT2D eigenvalue weighted by atomic mass is 16.4. The second-order valence-electron chi connectivity index (χ2n) is 4.60. The van der Waals surface area contributed by atoms with Crippen molar-refractivity contribution in [3.63, 3.8) is 0 Å². The Hall–Kier alpha value is -1.79. The Morgan fingerprint density at radius 2 is 1.84 bits per heavy atom. The smallest absolute Gasteiger partial charge is 0.326 e. The van der Waals surface area contributed by atoms with E-state index in [0.717, 1.165) is 0 Å². The summed E-state index contributed by atoms with van der Waals surface area (Å²) in [6.07, 6.45) is 0.684. The lowest BCUT2D eigenvalue weighted by Gasteiger charge is -2.25. The van der Waals surface area contributed by atoms with Crippen molar-refractivity contribution in [2.75, 3.05) is 20.1 Å². The molecule has 3 amide bonds. The molecule has 1 atom stereocenters. The van der Waals surface area contributed by atoms with E-state index in [9.17, 15) is 14.4 Å². The number of amides is 3. The number of carbonyl (C=O) groups excluding carboxylic acids is 2. The normalized spacial score (nSPS) is 11.8. The predicted molar refractivity (Wildman–Crippen MR) is 70.7 cm³/mol. The van der Waals surface area contributed by atoms with Crippen LogP contribution >= 0.6 is 0 Å². The molecule has 0 aliphatic carbocycles. The van der Waals surface area contributed by atoms with E-state index in [4.69, 9.17) is 5.11 Å². The van der Waals surface area contributed by atoms with E-state index in [-0.39, 0.29) is 18.4 Å². The minimum Gasteiger partial charge on any atom is -0.480 e. The van der Waals surface area contributed by atoms with Crippen LogP contribution in [0.1, 0.15) is 27.2 Å². The summed E-state index contributed by atoms with van der Waals surface area (Å²) in [6, 6.07) is -1.50. The van der Waals surface area contributed by atoms with Crippen molar-refractivity contribution >= 4 is 17.9 Å². The zero-order valence-electron chi connectivity index (χ0n) is 11.9. The molecule has 0 aromatic carbocycles. The maximum absolute atomic E-state index is 12.0. The second-order valence-corrected chi connectivity index (χ2v) is 4.60. The summed E-state index contributed by atoms with van der Waals surface area (Å²) in [6.45, 7) is 5.61. The van der Waals surface area contributed by atoms with Crippen LogP contribution in [0.3, 0.4) is 0 Å². The molecule has 0 saturated heterocycles. The van der Waals surface area contributed by atoms with Crippen LogP contribution in [0, 0.1) is 5.92 Å². The average Bonchev–Trinajstić information content (AvgIpc) is 2.33. The average molecular weight is 273 g/mol. The van der Waals surface area contributed by atoms with Crippen LogP contribution in [0.5, 0.6) is 0 Å². The van der Waals surface area contributed by atoms with Gasteiger partial charge in [0, 0.05) is 13.6 Å². The Morgan fingerprint density at radius 1 is 1.26 bits per heavy atom. The number of nitrogens with zero attached hydrogens (tertiary/aromatic N) is 1. The largest absolute Gasteiger partial charge is 0.480 e. The molecule has 3 N–H and O–H groups in total. The van der Waals surface area contributed by atoms with Crippen molar-refractivity contribution in [2.24, 2.45) is 5.92 Å². The van der Waals surface area contributed by atoms with E-state index >= 15 is 0 Å². The molecule has 0 saturated carbocycles. The highest BCUT2D eigenvalue weighted by molar-refractivity contribution is 5.86. The molecular formula is C12H23N3O4. The molecule has 19 heavy (non-hydrogen) atoms. The molecule has 0 bridgehead atoms. The molecule has 0 aromatic heterocycles. The van der Waals surface area contributed by atoms with Gasteiger partial charge in [-0.2, -0.15) is 0 Å². The summed E-state index contributed by atoms with van der Waals surface area (Å²) in [5.41, 5.74) is 0. The van der Waals surface area contributed by atoms with Crippen molar-refractivity contribution < 1.29 is 19.5 Å². The molecule has 0 spiro atoms. The number of carboxylic acids is 1. The summed E-state index contributed by atoms with van der Waals surface area (Å²) >= 11 is 0. The lowest BCUT2D eigenvalue weighted by Crippen LogP contribution is -2.52. The molecule has 0 rings (SSSR count). The van der Waals surface area contributed by atoms with Crippen LogP contribution in [0.2, 0.25) is 0 Å². The Bertz CT molecular complexity index is 331. The number of hydrogen-bond donors (Lipinski definition) is 3. The van der Waals surface area contributed by atoms with Crippen LogP contribution in [0.4, 0.5) is 4.79 Å². The van der Waals surface area contributed by atoms with Crippen molar-refractivity contribution in [2.45, 2.75) is 33.2 Å². The molecule has 110 valence electrons. The summed E-state index contributed by atoms with van der Waals surface area (Å²) in [7, 11) is 1.48. The number of nitrogens with one attached hydrogen (secondary N) is 2. The van der Waals surface area contributed by atoms with E-state index in [1.807, 2.05) is 6.92 Å². The SMILES string of the molecule is CCCN(CC(=O)NC)C(=O)N[C@@H](C(=O)O)C(C)C. The topological polar surface area (TPSA) is 98.7 Å². The number of likely N-dealkylation sites (N-methyl/N-ethyl adjacent to an activating group) is 1. The molecule has 7 heteroatoms. The lowest BCUT2D eigenvalue weighted by atomic mass is 10.1. The van der Waals surface area contributed by atoms with Crippen molar-refractivity contribution in [3.05, 3.63) is 0 Å². The van der Waals surface area contributed by atoms with Crippen LogP contribution < -0.4 is 10.6 Å². The van der Waals surface area contributed by atoms with Gasteiger partial charge in [0.15, 0.2) is 0 Å². The minimum atomic E-state index is -1.08. The van der Waals surface area contributed by atoms with Crippen LogP contribution in [-0.2, 0) is 9.59 Å². The van der Waals surface area contributed by atoms with Gasteiger partial charge in [0.05, 0.1) is 0 Å². The van der Waals surface area contributed by atoms with Crippen LogP contribution in [0.25, 0.3) is 0 Å². The zero-order chi connectivity index (χ0) is 15.0. The standard InChI is InChI=1S/C12H23N3O4/c1-5-6-15(7-9(16)13-4)12(19)14-10(8(2)3)11(17)18/h8,10H,5-7H2,1-4H3,(H,13,16)(H,14,19)(H,17,18)/t10-/m1/s1. The Labute approximate surface area is 113 Å². The van der Waals surface area contributed by atoms with Crippen molar-refractivity contribution in [1.29, 1.82) is 0 Å². The van der Waals surface area contributed by atoms with Gasteiger partial charge in [0.25, 0.3) is 0 Å². The molecular weight excluding hydrogens is 250 g/mol. The monoisotopic (exact) mass is 273 g/mol. The number of rotatable bonds is 7. The van der Waals surface area contributed by atoms with E-state index in [2.05, 4.69) is 10.6 Å². The summed E-state index contributed by atoms with van der Waals surface area (Å²) in [5, 5.41) is 13.9. The molecule has 0 heterocycles. The van der Waals surface area contributed by atoms with Gasteiger partial charge in [0.1, 0.15) is 12.6 Å². The first-order chi connectivity index (χ1) is 8.83. The fourth-order valence-electron chi connectivity index (χ4n) is 1.51. The lowest BCUT2D eigenvalue weighted by molar-refractivity contribution is -0.140. The first-order valence-electron chi connectivity index (χ1n) is 6.32. The predicted octanol–water partition coefficient (Wildman–Crippen LogP) is 0.263. The van der Waals surface area contributed by atoms with E-state index in [0.29, 0.717) is 13.0 Å².